The maximum absolute atomic E-state index is 14.2. The molecular weight excluding hydrogens is 354 g/mol. The van der Waals surface area contributed by atoms with Gasteiger partial charge in [-0.25, -0.2) is 8.78 Å². The summed E-state index contributed by atoms with van der Waals surface area (Å²) >= 11 is 0. The summed E-state index contributed by atoms with van der Waals surface area (Å²) in [5.41, 5.74) is 3.33. The molecule has 0 atom stereocenters. The maximum Gasteiger partial charge on any atom is 0.170 e. The first-order valence-corrected chi connectivity index (χ1v) is 8.80. The Hall–Kier alpha value is -2.80. The highest BCUT2D eigenvalue weighted by Crippen LogP contribution is 2.38. The van der Waals surface area contributed by atoms with Crippen LogP contribution < -0.4 is 10.2 Å². The highest BCUT2D eigenvalue weighted by Gasteiger charge is 2.20. The number of hydrogen-bond donors (Lipinski definition) is 2. The summed E-state index contributed by atoms with van der Waals surface area (Å²) in [6, 6.07) is 8.23. The van der Waals surface area contributed by atoms with Crippen LogP contribution in [0.4, 0.5) is 8.78 Å². The molecule has 2 aromatic rings. The van der Waals surface area contributed by atoms with Gasteiger partial charge >= 0.3 is 0 Å². The zero-order chi connectivity index (χ0) is 19.2. The lowest BCUT2D eigenvalue weighted by Crippen LogP contribution is -2.19. The number of benzene rings is 2. The predicted octanol–water partition coefficient (Wildman–Crippen LogP) is 4.56. The second-order valence-electron chi connectivity index (χ2n) is 6.34. The van der Waals surface area contributed by atoms with Gasteiger partial charge in [-0.05, 0) is 61.1 Å². The summed E-state index contributed by atoms with van der Waals surface area (Å²) in [6.45, 7) is 0.591. The SMILES string of the molecule is O=NOc1ccc(-c2ccc(F)cc2F)cc1C(NCCCO)=C1CCC1. The zero-order valence-electron chi connectivity index (χ0n) is 14.7. The fraction of sp³-hybridized carbons (Fsp3) is 0.300. The molecule has 0 aromatic heterocycles. The van der Waals surface area contributed by atoms with Gasteiger partial charge in [-0.3, -0.25) is 0 Å². The standard InChI is InChI=1S/C20H20F2N2O3/c21-15-6-7-16(18(22)12-15)14-5-8-19(27-24-26)17(11-14)20(13-3-1-4-13)23-9-2-10-25/h5-8,11-12,23,25H,1-4,9-10H2. The van der Waals surface area contributed by atoms with Gasteiger partial charge in [0.2, 0.25) is 0 Å². The lowest BCUT2D eigenvalue weighted by atomic mass is 9.87. The minimum atomic E-state index is -0.672. The highest BCUT2D eigenvalue weighted by molar-refractivity contribution is 5.78. The van der Waals surface area contributed by atoms with Crippen LogP contribution in [0.15, 0.2) is 47.3 Å². The van der Waals surface area contributed by atoms with Crippen molar-refractivity contribution in [3.63, 3.8) is 0 Å². The van der Waals surface area contributed by atoms with Crippen LogP contribution in [0.3, 0.4) is 0 Å². The average molecular weight is 374 g/mol. The molecule has 0 spiro atoms. The van der Waals surface area contributed by atoms with Gasteiger partial charge in [-0.1, -0.05) is 6.07 Å². The van der Waals surface area contributed by atoms with Crippen LogP contribution in [-0.4, -0.2) is 18.3 Å². The van der Waals surface area contributed by atoms with Crippen molar-refractivity contribution in [1.82, 2.24) is 5.32 Å². The first-order valence-electron chi connectivity index (χ1n) is 8.80. The lowest BCUT2D eigenvalue weighted by molar-refractivity contribution is 0.288. The third-order valence-corrected chi connectivity index (χ3v) is 4.57. The Morgan fingerprint density at radius 1 is 1.19 bits per heavy atom. The summed E-state index contributed by atoms with van der Waals surface area (Å²) in [6.07, 6.45) is 3.44. The molecule has 0 radical (unpaired) electrons. The van der Waals surface area contributed by atoms with E-state index in [1.807, 2.05) is 0 Å². The smallest absolute Gasteiger partial charge is 0.170 e. The fourth-order valence-corrected chi connectivity index (χ4v) is 3.04. The first kappa shape index (κ1) is 19.0. The van der Waals surface area contributed by atoms with Crippen LogP contribution in [0, 0.1) is 16.5 Å². The van der Waals surface area contributed by atoms with Gasteiger partial charge in [0.1, 0.15) is 11.6 Å². The van der Waals surface area contributed by atoms with Crippen molar-refractivity contribution in [2.24, 2.45) is 5.34 Å². The van der Waals surface area contributed by atoms with Crippen molar-refractivity contribution >= 4 is 5.70 Å². The number of nitrogens with one attached hydrogen (secondary N) is 1. The van der Waals surface area contributed by atoms with Crippen LogP contribution in [0.25, 0.3) is 16.8 Å². The Labute approximate surface area is 155 Å². The monoisotopic (exact) mass is 374 g/mol. The van der Waals surface area contributed by atoms with Crippen LogP contribution in [0.2, 0.25) is 0 Å². The molecule has 0 unspecified atom stereocenters. The van der Waals surface area contributed by atoms with Crippen molar-refractivity contribution in [1.29, 1.82) is 0 Å². The molecule has 0 heterocycles. The summed E-state index contributed by atoms with van der Waals surface area (Å²) in [4.78, 5) is 15.5. The molecule has 0 saturated heterocycles. The van der Waals surface area contributed by atoms with E-state index in [1.165, 1.54) is 17.7 Å². The number of rotatable bonds is 8. The van der Waals surface area contributed by atoms with Gasteiger partial charge in [0.15, 0.2) is 11.1 Å². The van der Waals surface area contributed by atoms with E-state index in [-0.39, 0.29) is 17.9 Å². The highest BCUT2D eigenvalue weighted by atomic mass is 19.1. The van der Waals surface area contributed by atoms with Gasteiger partial charge in [0.05, 0.1) is 0 Å². The zero-order valence-corrected chi connectivity index (χ0v) is 14.7. The van der Waals surface area contributed by atoms with Gasteiger partial charge in [0, 0.05) is 36.0 Å². The van der Waals surface area contributed by atoms with Crippen LogP contribution in [0.5, 0.6) is 5.75 Å². The molecule has 1 aliphatic rings. The minimum Gasteiger partial charge on any atom is -0.396 e. The molecule has 27 heavy (non-hydrogen) atoms. The van der Waals surface area contributed by atoms with Crippen LogP contribution in [0.1, 0.15) is 31.2 Å². The number of allylic oxidation sites excluding steroid dienone is 1. The number of nitrogens with zero attached hydrogens (tertiary/aromatic N) is 1. The third-order valence-electron chi connectivity index (χ3n) is 4.57. The maximum atomic E-state index is 14.2. The Balaban J connectivity index is 2.06. The van der Waals surface area contributed by atoms with Gasteiger partial charge in [-0.15, -0.1) is 4.91 Å². The molecule has 0 aliphatic heterocycles. The van der Waals surface area contributed by atoms with Gasteiger partial charge in [-0.2, -0.15) is 0 Å². The molecule has 5 nitrogen and oxygen atoms in total. The number of aliphatic hydroxyl groups excluding tert-OH is 1. The topological polar surface area (TPSA) is 70.9 Å². The number of halogens is 2. The summed E-state index contributed by atoms with van der Waals surface area (Å²) < 4.78 is 27.4. The van der Waals surface area contributed by atoms with Crippen molar-refractivity contribution in [3.8, 4) is 16.9 Å². The summed E-state index contributed by atoms with van der Waals surface area (Å²) in [5, 5.41) is 14.8. The summed E-state index contributed by atoms with van der Waals surface area (Å²) in [5.74, 6) is -1.07. The van der Waals surface area contributed by atoms with E-state index < -0.39 is 11.6 Å². The number of hydrogen-bond acceptors (Lipinski definition) is 5. The first-order chi connectivity index (χ1) is 13.1. The van der Waals surface area contributed by atoms with Gasteiger partial charge in [0.25, 0.3) is 0 Å². The molecule has 0 amide bonds. The second-order valence-corrected chi connectivity index (χ2v) is 6.34. The van der Waals surface area contributed by atoms with Crippen LogP contribution >= 0.6 is 0 Å². The lowest BCUT2D eigenvalue weighted by Gasteiger charge is -2.24. The Morgan fingerprint density at radius 2 is 2.00 bits per heavy atom. The minimum absolute atomic E-state index is 0.0513. The molecule has 142 valence electrons. The largest absolute Gasteiger partial charge is 0.396 e. The third kappa shape index (κ3) is 4.31. The average Bonchev–Trinajstić information content (AvgIpc) is 2.60. The predicted molar refractivity (Wildman–Crippen MR) is 98.7 cm³/mol. The number of aliphatic hydroxyl groups is 1. The Morgan fingerprint density at radius 3 is 2.63 bits per heavy atom. The molecule has 0 bridgehead atoms. The molecule has 2 aromatic carbocycles. The normalized spacial score (nSPS) is 13.1. The molecule has 3 rings (SSSR count). The fourth-order valence-electron chi connectivity index (χ4n) is 3.04. The van der Waals surface area contributed by atoms with E-state index in [0.29, 0.717) is 24.1 Å². The van der Waals surface area contributed by atoms with E-state index in [9.17, 15) is 13.7 Å². The van der Waals surface area contributed by atoms with Crippen molar-refractivity contribution in [2.45, 2.75) is 25.7 Å². The molecule has 1 aliphatic carbocycles. The second kappa shape index (κ2) is 8.73. The Kier molecular flexibility index (Phi) is 6.13. The van der Waals surface area contributed by atoms with Crippen molar-refractivity contribution in [2.75, 3.05) is 13.2 Å². The van der Waals surface area contributed by atoms with E-state index in [2.05, 4.69) is 10.7 Å². The van der Waals surface area contributed by atoms with E-state index >= 15 is 0 Å². The van der Waals surface area contributed by atoms with E-state index in [1.54, 1.807) is 18.2 Å². The Bertz CT molecular complexity index is 862. The molecular formula is C20H20F2N2O3. The van der Waals surface area contributed by atoms with Crippen molar-refractivity contribution in [3.05, 3.63) is 64.1 Å². The molecule has 7 heteroatoms. The molecule has 1 saturated carbocycles. The summed E-state index contributed by atoms with van der Waals surface area (Å²) in [7, 11) is 0. The molecule has 1 fully saturated rings. The van der Waals surface area contributed by atoms with E-state index in [0.717, 1.165) is 31.0 Å². The van der Waals surface area contributed by atoms with Gasteiger partial charge < -0.3 is 15.3 Å². The van der Waals surface area contributed by atoms with Crippen molar-refractivity contribution < 1.29 is 18.7 Å². The quantitative estimate of drug-likeness (QED) is 0.404. The van der Waals surface area contributed by atoms with E-state index in [4.69, 9.17) is 9.94 Å². The van der Waals surface area contributed by atoms with Crippen LogP contribution in [-0.2, 0) is 0 Å². The molecule has 2 N–H and O–H groups in total.